The lowest BCUT2D eigenvalue weighted by atomic mass is 10.1. The number of rotatable bonds is 7. The van der Waals surface area contributed by atoms with Crippen LogP contribution in [0.25, 0.3) is 0 Å². The van der Waals surface area contributed by atoms with Gasteiger partial charge in [-0.1, -0.05) is 6.92 Å². The number of nitrogens with two attached hydrogens (primary N) is 1. The molecule has 3 N–H and O–H groups in total. The molecule has 1 heterocycles. The quantitative estimate of drug-likeness (QED) is 0.683. The van der Waals surface area contributed by atoms with Crippen LogP contribution in [0, 0.1) is 0 Å². The Bertz CT molecular complexity index is 306. The molecule has 2 aliphatic rings. The third-order valence-corrected chi connectivity index (χ3v) is 4.35. The van der Waals surface area contributed by atoms with Gasteiger partial charge in [0.2, 0.25) is 5.91 Å². The van der Waals surface area contributed by atoms with Crippen LogP contribution in [0.3, 0.4) is 0 Å². The molecular weight excluding hydrogens is 240 g/mol. The topological polar surface area (TPSA) is 61.6 Å². The fourth-order valence-electron chi connectivity index (χ4n) is 2.90. The SMILES string of the molecule is CCN1CCN(CCC(NC2CC2)C(N)=O)CC1C. The van der Waals surface area contributed by atoms with E-state index >= 15 is 0 Å². The van der Waals surface area contributed by atoms with Crippen molar-refractivity contribution in [2.75, 3.05) is 32.7 Å². The number of hydrogen-bond acceptors (Lipinski definition) is 4. The lowest BCUT2D eigenvalue weighted by Crippen LogP contribution is -2.53. The number of piperazine rings is 1. The molecule has 19 heavy (non-hydrogen) atoms. The highest BCUT2D eigenvalue weighted by Gasteiger charge is 2.28. The number of nitrogens with zero attached hydrogens (tertiary/aromatic N) is 2. The molecule has 110 valence electrons. The summed E-state index contributed by atoms with van der Waals surface area (Å²) < 4.78 is 0. The molecule has 0 aromatic rings. The third-order valence-electron chi connectivity index (χ3n) is 4.35. The van der Waals surface area contributed by atoms with Gasteiger partial charge in [-0.3, -0.25) is 9.69 Å². The smallest absolute Gasteiger partial charge is 0.234 e. The second-order valence-corrected chi connectivity index (χ2v) is 5.96. The lowest BCUT2D eigenvalue weighted by Gasteiger charge is -2.39. The van der Waals surface area contributed by atoms with E-state index in [2.05, 4.69) is 29.0 Å². The Kier molecular flexibility index (Phi) is 5.19. The summed E-state index contributed by atoms with van der Waals surface area (Å²) in [6.45, 7) is 9.93. The normalized spacial score (nSPS) is 27.4. The van der Waals surface area contributed by atoms with E-state index in [9.17, 15) is 4.79 Å². The fraction of sp³-hybridized carbons (Fsp3) is 0.929. The molecule has 1 aliphatic carbocycles. The monoisotopic (exact) mass is 268 g/mol. The molecule has 2 unspecified atom stereocenters. The van der Waals surface area contributed by atoms with Crippen LogP contribution < -0.4 is 11.1 Å². The fourth-order valence-corrected chi connectivity index (χ4v) is 2.90. The number of amides is 1. The molecule has 1 saturated heterocycles. The third kappa shape index (κ3) is 4.44. The number of carbonyl (C=O) groups excluding carboxylic acids is 1. The van der Waals surface area contributed by atoms with Gasteiger partial charge in [-0.2, -0.15) is 0 Å². The summed E-state index contributed by atoms with van der Waals surface area (Å²) in [5.74, 6) is -0.202. The minimum absolute atomic E-state index is 0.146. The molecule has 1 amide bonds. The minimum Gasteiger partial charge on any atom is -0.368 e. The van der Waals surface area contributed by atoms with Crippen LogP contribution in [-0.4, -0.2) is 66.6 Å². The van der Waals surface area contributed by atoms with E-state index in [0.29, 0.717) is 12.1 Å². The lowest BCUT2D eigenvalue weighted by molar-refractivity contribution is -0.120. The Morgan fingerprint density at radius 3 is 2.68 bits per heavy atom. The number of hydrogen-bond donors (Lipinski definition) is 2. The van der Waals surface area contributed by atoms with Crippen LogP contribution in [0.1, 0.15) is 33.1 Å². The zero-order chi connectivity index (χ0) is 13.8. The predicted octanol–water partition coefficient (Wildman–Crippen LogP) is 0.00840. The summed E-state index contributed by atoms with van der Waals surface area (Å²) in [7, 11) is 0. The largest absolute Gasteiger partial charge is 0.368 e. The highest BCUT2D eigenvalue weighted by molar-refractivity contribution is 5.79. The van der Waals surface area contributed by atoms with Crippen LogP contribution in [0.15, 0.2) is 0 Å². The Balaban J connectivity index is 1.72. The second kappa shape index (κ2) is 6.68. The molecule has 0 radical (unpaired) electrons. The number of carbonyl (C=O) groups is 1. The van der Waals surface area contributed by atoms with Gasteiger partial charge in [0.15, 0.2) is 0 Å². The molecule has 2 rings (SSSR count). The Labute approximate surface area is 116 Å². The summed E-state index contributed by atoms with van der Waals surface area (Å²) in [6, 6.07) is 1.00. The summed E-state index contributed by atoms with van der Waals surface area (Å²) in [5, 5.41) is 3.35. The van der Waals surface area contributed by atoms with Crippen molar-refractivity contribution in [2.24, 2.45) is 5.73 Å². The maximum atomic E-state index is 11.4. The van der Waals surface area contributed by atoms with Gasteiger partial charge in [0.25, 0.3) is 0 Å². The first-order valence-corrected chi connectivity index (χ1v) is 7.62. The van der Waals surface area contributed by atoms with E-state index in [1.54, 1.807) is 0 Å². The van der Waals surface area contributed by atoms with Crippen LogP contribution in [0.5, 0.6) is 0 Å². The van der Waals surface area contributed by atoms with Gasteiger partial charge in [-0.25, -0.2) is 0 Å². The molecule has 5 nitrogen and oxygen atoms in total. The van der Waals surface area contributed by atoms with Crippen LogP contribution in [-0.2, 0) is 4.79 Å². The van der Waals surface area contributed by atoms with E-state index < -0.39 is 0 Å². The molecule has 0 aromatic heterocycles. The van der Waals surface area contributed by atoms with Gasteiger partial charge >= 0.3 is 0 Å². The number of primary amides is 1. The summed E-state index contributed by atoms with van der Waals surface area (Å²) in [4.78, 5) is 16.4. The zero-order valence-corrected chi connectivity index (χ0v) is 12.3. The molecule has 0 aromatic carbocycles. The predicted molar refractivity (Wildman–Crippen MR) is 76.9 cm³/mol. The molecule has 1 aliphatic heterocycles. The van der Waals surface area contributed by atoms with E-state index in [1.165, 1.54) is 12.8 Å². The van der Waals surface area contributed by atoms with Crippen molar-refractivity contribution in [1.82, 2.24) is 15.1 Å². The molecule has 1 saturated carbocycles. The van der Waals surface area contributed by atoms with Crippen molar-refractivity contribution in [3.8, 4) is 0 Å². The minimum atomic E-state index is -0.202. The van der Waals surface area contributed by atoms with E-state index in [-0.39, 0.29) is 11.9 Å². The highest BCUT2D eigenvalue weighted by Crippen LogP contribution is 2.20. The van der Waals surface area contributed by atoms with Gasteiger partial charge in [0, 0.05) is 38.3 Å². The first-order chi connectivity index (χ1) is 9.10. The van der Waals surface area contributed by atoms with E-state index in [4.69, 9.17) is 5.73 Å². The van der Waals surface area contributed by atoms with Crippen molar-refractivity contribution in [2.45, 2.75) is 51.2 Å². The van der Waals surface area contributed by atoms with Crippen molar-refractivity contribution in [3.05, 3.63) is 0 Å². The van der Waals surface area contributed by atoms with Gasteiger partial charge in [0.1, 0.15) is 0 Å². The molecule has 0 bridgehead atoms. The summed E-state index contributed by atoms with van der Waals surface area (Å²) in [6.07, 6.45) is 3.22. The van der Waals surface area contributed by atoms with E-state index in [1.807, 2.05) is 0 Å². The van der Waals surface area contributed by atoms with Crippen LogP contribution in [0.4, 0.5) is 0 Å². The average molecular weight is 268 g/mol. The first kappa shape index (κ1) is 14.8. The van der Waals surface area contributed by atoms with Crippen molar-refractivity contribution >= 4 is 5.91 Å². The number of nitrogens with one attached hydrogen (secondary N) is 1. The summed E-state index contributed by atoms with van der Waals surface area (Å²) >= 11 is 0. The maximum absolute atomic E-state index is 11.4. The molecular formula is C14H28N4O. The average Bonchev–Trinajstić information content (AvgIpc) is 3.18. The van der Waals surface area contributed by atoms with E-state index in [0.717, 1.165) is 39.1 Å². The van der Waals surface area contributed by atoms with Crippen LogP contribution >= 0.6 is 0 Å². The molecule has 5 heteroatoms. The maximum Gasteiger partial charge on any atom is 0.234 e. The van der Waals surface area contributed by atoms with Gasteiger partial charge in [-0.05, 0) is 32.7 Å². The van der Waals surface area contributed by atoms with Gasteiger partial charge in [-0.15, -0.1) is 0 Å². The molecule has 0 spiro atoms. The highest BCUT2D eigenvalue weighted by atomic mass is 16.1. The Morgan fingerprint density at radius 1 is 1.42 bits per heavy atom. The molecule has 2 fully saturated rings. The number of likely N-dealkylation sites (N-methyl/N-ethyl adjacent to an activating group) is 1. The van der Waals surface area contributed by atoms with Crippen molar-refractivity contribution < 1.29 is 4.79 Å². The van der Waals surface area contributed by atoms with Gasteiger partial charge in [0.05, 0.1) is 6.04 Å². The Morgan fingerprint density at radius 2 is 2.16 bits per heavy atom. The second-order valence-electron chi connectivity index (χ2n) is 5.96. The first-order valence-electron chi connectivity index (χ1n) is 7.62. The summed E-state index contributed by atoms with van der Waals surface area (Å²) in [5.41, 5.74) is 5.47. The van der Waals surface area contributed by atoms with Gasteiger partial charge < -0.3 is 16.0 Å². The zero-order valence-electron chi connectivity index (χ0n) is 12.3. The Hall–Kier alpha value is -0.650. The van der Waals surface area contributed by atoms with Crippen molar-refractivity contribution in [3.63, 3.8) is 0 Å². The molecule has 2 atom stereocenters. The van der Waals surface area contributed by atoms with Crippen LogP contribution in [0.2, 0.25) is 0 Å². The van der Waals surface area contributed by atoms with Crippen molar-refractivity contribution in [1.29, 1.82) is 0 Å². The standard InChI is InChI=1S/C14H28N4O/c1-3-18-9-8-17(10-11(18)2)7-6-13(14(15)19)16-12-4-5-12/h11-13,16H,3-10H2,1-2H3,(H2,15,19).